The molecule has 0 aliphatic heterocycles. The van der Waals surface area contributed by atoms with E-state index in [2.05, 4.69) is 10.0 Å². The topological polar surface area (TPSA) is 93.7 Å². The van der Waals surface area contributed by atoms with Gasteiger partial charge in [0.1, 0.15) is 24.7 Å². The number of benzene rings is 3. The van der Waals surface area contributed by atoms with Crippen LogP contribution < -0.4 is 19.5 Å². The first-order chi connectivity index (χ1) is 17.0. The number of nitrogens with one attached hydrogen (secondary N) is 2. The summed E-state index contributed by atoms with van der Waals surface area (Å²) in [6, 6.07) is 22.5. The molecule has 2 N–H and O–H groups in total. The van der Waals surface area contributed by atoms with Crippen molar-refractivity contribution in [3.05, 3.63) is 84.4 Å². The van der Waals surface area contributed by atoms with E-state index in [1.807, 2.05) is 30.3 Å². The average Bonchev–Trinajstić information content (AvgIpc) is 2.88. The van der Waals surface area contributed by atoms with Crippen LogP contribution in [-0.4, -0.2) is 33.6 Å². The van der Waals surface area contributed by atoms with Gasteiger partial charge < -0.3 is 14.8 Å². The third-order valence-electron chi connectivity index (χ3n) is 5.83. The summed E-state index contributed by atoms with van der Waals surface area (Å²) in [6.45, 7) is 0.791. The van der Waals surface area contributed by atoms with Crippen molar-refractivity contribution >= 4 is 21.6 Å². The van der Waals surface area contributed by atoms with Gasteiger partial charge in [-0.15, -0.1) is 0 Å². The molecule has 3 aromatic rings. The van der Waals surface area contributed by atoms with Crippen molar-refractivity contribution < 1.29 is 22.7 Å². The van der Waals surface area contributed by atoms with Crippen molar-refractivity contribution in [2.75, 3.05) is 18.5 Å². The largest absolute Gasteiger partial charge is 0.490 e. The lowest BCUT2D eigenvalue weighted by Crippen LogP contribution is -2.36. The summed E-state index contributed by atoms with van der Waals surface area (Å²) < 4.78 is 39.3. The monoisotopic (exact) mass is 494 g/mol. The molecule has 8 heteroatoms. The van der Waals surface area contributed by atoms with Crippen LogP contribution in [0.1, 0.15) is 42.5 Å². The molecule has 3 aromatic carbocycles. The van der Waals surface area contributed by atoms with Gasteiger partial charge in [-0.1, -0.05) is 37.5 Å². The van der Waals surface area contributed by atoms with Crippen LogP contribution in [0.15, 0.2) is 83.8 Å². The number of carbonyl (C=O) groups excluding carboxylic acids is 1. The number of amides is 1. The molecule has 1 fully saturated rings. The fraction of sp³-hybridized carbons (Fsp3) is 0.296. The Morgan fingerprint density at radius 3 is 2.00 bits per heavy atom. The van der Waals surface area contributed by atoms with Gasteiger partial charge in [-0.2, -0.15) is 0 Å². The second-order valence-electron chi connectivity index (χ2n) is 8.47. The van der Waals surface area contributed by atoms with Gasteiger partial charge in [0.05, 0.1) is 4.90 Å². The number of carbonyl (C=O) groups is 1. The van der Waals surface area contributed by atoms with Crippen LogP contribution in [0.4, 0.5) is 5.69 Å². The van der Waals surface area contributed by atoms with Crippen LogP contribution in [0, 0.1) is 0 Å². The Balaban J connectivity index is 1.25. The summed E-state index contributed by atoms with van der Waals surface area (Å²) in [7, 11) is -3.57. The highest BCUT2D eigenvalue weighted by Gasteiger charge is 2.21. The van der Waals surface area contributed by atoms with Crippen molar-refractivity contribution in [3.63, 3.8) is 0 Å². The van der Waals surface area contributed by atoms with Crippen LogP contribution in [0.25, 0.3) is 0 Å². The minimum absolute atomic E-state index is 0.00327. The van der Waals surface area contributed by atoms with Crippen molar-refractivity contribution in [2.24, 2.45) is 0 Å². The highest BCUT2D eigenvalue weighted by atomic mass is 32.2. The fourth-order valence-electron chi connectivity index (χ4n) is 3.97. The predicted octanol–water partition coefficient (Wildman–Crippen LogP) is 5.01. The summed E-state index contributed by atoms with van der Waals surface area (Å²) in [5.74, 6) is 1.13. The molecular formula is C27H30N2O5S. The maximum atomic E-state index is 12.6. The first-order valence-electron chi connectivity index (χ1n) is 11.8. The zero-order valence-corrected chi connectivity index (χ0v) is 20.3. The number of anilines is 1. The molecular weight excluding hydrogens is 464 g/mol. The minimum atomic E-state index is -3.57. The lowest BCUT2D eigenvalue weighted by Gasteiger charge is -2.22. The second kappa shape index (κ2) is 11.9. The van der Waals surface area contributed by atoms with Crippen molar-refractivity contribution in [1.29, 1.82) is 0 Å². The lowest BCUT2D eigenvalue weighted by molar-refractivity contribution is 0.102. The highest BCUT2D eigenvalue weighted by Crippen LogP contribution is 2.21. The standard InChI is InChI=1S/C27H30N2O5S/c30-27(21-11-15-25(16-12-21)34-20-19-33-24-9-5-2-6-10-24)28-22-13-17-26(18-14-22)35(31,32)29-23-7-3-1-4-8-23/h2,5-6,9-18,23,29H,1,3-4,7-8,19-20H2,(H,28,30). The van der Waals surface area contributed by atoms with E-state index in [0.717, 1.165) is 37.9 Å². The number of sulfonamides is 1. The van der Waals surface area contributed by atoms with E-state index in [9.17, 15) is 13.2 Å². The molecule has 1 aliphatic carbocycles. The lowest BCUT2D eigenvalue weighted by atomic mass is 9.96. The maximum Gasteiger partial charge on any atom is 0.255 e. The number of hydrogen-bond donors (Lipinski definition) is 2. The molecule has 4 rings (SSSR count). The molecule has 184 valence electrons. The van der Waals surface area contributed by atoms with Crippen LogP contribution in [0.3, 0.4) is 0 Å². The van der Waals surface area contributed by atoms with E-state index in [1.165, 1.54) is 12.1 Å². The molecule has 0 spiro atoms. The highest BCUT2D eigenvalue weighted by molar-refractivity contribution is 7.89. The second-order valence-corrected chi connectivity index (χ2v) is 10.2. The van der Waals surface area contributed by atoms with Gasteiger partial charge in [0.15, 0.2) is 0 Å². The van der Waals surface area contributed by atoms with Gasteiger partial charge >= 0.3 is 0 Å². The zero-order valence-electron chi connectivity index (χ0n) is 19.5. The van der Waals surface area contributed by atoms with Gasteiger partial charge in [0, 0.05) is 17.3 Å². The fourth-order valence-corrected chi connectivity index (χ4v) is 5.27. The molecule has 0 unspecified atom stereocenters. The van der Waals surface area contributed by atoms with E-state index in [0.29, 0.717) is 30.2 Å². The van der Waals surface area contributed by atoms with Gasteiger partial charge in [0.25, 0.3) is 5.91 Å². The first-order valence-corrected chi connectivity index (χ1v) is 13.3. The Hall–Kier alpha value is -3.36. The third-order valence-corrected chi connectivity index (χ3v) is 7.37. The van der Waals surface area contributed by atoms with Crippen molar-refractivity contribution in [3.8, 4) is 11.5 Å². The normalized spacial score (nSPS) is 14.3. The zero-order chi connectivity index (χ0) is 24.5. The third kappa shape index (κ3) is 7.31. The summed E-state index contributed by atoms with van der Waals surface area (Å²) in [4.78, 5) is 12.8. The SMILES string of the molecule is O=C(Nc1ccc(S(=O)(=O)NC2CCCCC2)cc1)c1ccc(OCCOc2ccccc2)cc1. The summed E-state index contributed by atoms with van der Waals surface area (Å²) >= 11 is 0. The van der Waals surface area contributed by atoms with Gasteiger partial charge in [-0.05, 0) is 73.5 Å². The van der Waals surface area contributed by atoms with E-state index in [4.69, 9.17) is 9.47 Å². The Kier molecular flexibility index (Phi) is 8.39. The molecule has 1 saturated carbocycles. The van der Waals surface area contributed by atoms with E-state index in [1.54, 1.807) is 36.4 Å². The van der Waals surface area contributed by atoms with Crippen LogP contribution in [0.5, 0.6) is 11.5 Å². The van der Waals surface area contributed by atoms with Gasteiger partial charge in [-0.3, -0.25) is 4.79 Å². The van der Waals surface area contributed by atoms with E-state index in [-0.39, 0.29) is 16.8 Å². The van der Waals surface area contributed by atoms with E-state index < -0.39 is 10.0 Å². The molecule has 35 heavy (non-hydrogen) atoms. The molecule has 1 aliphatic rings. The summed E-state index contributed by atoms with van der Waals surface area (Å²) in [5, 5.41) is 2.79. The van der Waals surface area contributed by atoms with Crippen LogP contribution in [0.2, 0.25) is 0 Å². The molecule has 7 nitrogen and oxygen atoms in total. The Morgan fingerprint density at radius 2 is 1.37 bits per heavy atom. The van der Waals surface area contributed by atoms with Crippen LogP contribution >= 0.6 is 0 Å². The Labute approximate surface area is 206 Å². The number of ether oxygens (including phenoxy) is 2. The first kappa shape index (κ1) is 24.8. The molecule has 0 radical (unpaired) electrons. The number of hydrogen-bond acceptors (Lipinski definition) is 5. The molecule has 0 atom stereocenters. The summed E-state index contributed by atoms with van der Waals surface area (Å²) in [6.07, 6.45) is 5.01. The van der Waals surface area contributed by atoms with Gasteiger partial charge in [0.2, 0.25) is 10.0 Å². The predicted molar refractivity (Wildman–Crippen MR) is 135 cm³/mol. The molecule has 0 heterocycles. The van der Waals surface area contributed by atoms with Crippen molar-refractivity contribution in [1.82, 2.24) is 4.72 Å². The van der Waals surface area contributed by atoms with Gasteiger partial charge in [-0.25, -0.2) is 13.1 Å². The Morgan fingerprint density at radius 1 is 0.771 bits per heavy atom. The number of rotatable bonds is 10. The molecule has 1 amide bonds. The molecule has 0 bridgehead atoms. The summed E-state index contributed by atoms with van der Waals surface area (Å²) in [5.41, 5.74) is 0.985. The Bertz CT molecular complexity index is 1190. The minimum Gasteiger partial charge on any atom is -0.490 e. The number of para-hydroxylation sites is 1. The van der Waals surface area contributed by atoms with Crippen molar-refractivity contribution in [2.45, 2.75) is 43.0 Å². The maximum absolute atomic E-state index is 12.6. The smallest absolute Gasteiger partial charge is 0.255 e. The molecule has 0 saturated heterocycles. The van der Waals surface area contributed by atoms with E-state index >= 15 is 0 Å². The molecule has 0 aromatic heterocycles. The average molecular weight is 495 g/mol. The quantitative estimate of drug-likeness (QED) is 0.387. The van der Waals surface area contributed by atoms with Crippen LogP contribution in [-0.2, 0) is 10.0 Å².